The molecule has 0 saturated carbocycles. The van der Waals surface area contributed by atoms with Crippen LogP contribution in [0, 0.1) is 6.92 Å². The van der Waals surface area contributed by atoms with E-state index in [0.717, 1.165) is 5.56 Å². The third-order valence-electron chi connectivity index (χ3n) is 3.69. The van der Waals surface area contributed by atoms with E-state index in [2.05, 4.69) is 4.98 Å². The van der Waals surface area contributed by atoms with Crippen molar-refractivity contribution in [1.82, 2.24) is 4.98 Å². The fourth-order valence-electron chi connectivity index (χ4n) is 2.49. The predicted molar refractivity (Wildman–Crippen MR) is 93.8 cm³/mol. The Morgan fingerprint density at radius 1 is 1.12 bits per heavy atom. The molecule has 2 aromatic carbocycles. The monoisotopic (exact) mass is 339 g/mol. The third-order valence-corrected chi connectivity index (χ3v) is 3.69. The minimum Gasteiger partial charge on any atom is -0.497 e. The molecular formula is C18H18BNO5. The van der Waals surface area contributed by atoms with Crippen molar-refractivity contribution in [2.24, 2.45) is 0 Å². The normalized spacial score (nSPS) is 10.6. The summed E-state index contributed by atoms with van der Waals surface area (Å²) in [5.74, 6) is 1.65. The van der Waals surface area contributed by atoms with Crippen LogP contribution in [0.15, 0.2) is 53.1 Å². The van der Waals surface area contributed by atoms with E-state index in [-0.39, 0.29) is 17.8 Å². The Bertz CT molecular complexity index is 848. The summed E-state index contributed by atoms with van der Waals surface area (Å²) in [6.07, 6.45) is 1.61. The van der Waals surface area contributed by atoms with E-state index < -0.39 is 7.12 Å². The number of hydrogen-bond donors (Lipinski definition) is 2. The molecule has 1 aromatic heterocycles. The van der Waals surface area contributed by atoms with Gasteiger partial charge in [-0.15, -0.1) is 0 Å². The lowest BCUT2D eigenvalue weighted by Crippen LogP contribution is -2.33. The summed E-state index contributed by atoms with van der Waals surface area (Å²) in [5.41, 5.74) is 1.74. The van der Waals surface area contributed by atoms with Crippen LogP contribution in [0.2, 0.25) is 0 Å². The van der Waals surface area contributed by atoms with Gasteiger partial charge >= 0.3 is 7.12 Å². The molecule has 6 nitrogen and oxygen atoms in total. The molecule has 0 radical (unpaired) electrons. The van der Waals surface area contributed by atoms with Gasteiger partial charge in [-0.05, 0) is 24.6 Å². The third kappa shape index (κ3) is 3.84. The second kappa shape index (κ2) is 7.42. The molecule has 0 amide bonds. The Labute approximate surface area is 145 Å². The standard InChI is InChI=1S/C18H18BNO5/c1-12-10-20-18(25-12)14-8-15(23-2)17(19(21)22)16(9-14)24-11-13-6-4-3-5-7-13/h3-10,21-22H,11H2,1-2H3. The van der Waals surface area contributed by atoms with Gasteiger partial charge in [-0.3, -0.25) is 0 Å². The molecule has 3 rings (SSSR count). The average Bonchev–Trinajstić information content (AvgIpc) is 3.06. The number of nitrogens with zero attached hydrogens (tertiary/aromatic N) is 1. The highest BCUT2D eigenvalue weighted by Gasteiger charge is 2.25. The van der Waals surface area contributed by atoms with Crippen LogP contribution < -0.4 is 14.9 Å². The number of aryl methyl sites for hydroxylation is 1. The average molecular weight is 339 g/mol. The first kappa shape index (κ1) is 17.1. The van der Waals surface area contributed by atoms with Crippen molar-refractivity contribution >= 4 is 12.6 Å². The summed E-state index contributed by atoms with van der Waals surface area (Å²) in [6, 6.07) is 12.9. The van der Waals surface area contributed by atoms with Crippen molar-refractivity contribution in [3.8, 4) is 23.0 Å². The maximum absolute atomic E-state index is 9.74. The molecule has 0 aliphatic rings. The zero-order valence-electron chi connectivity index (χ0n) is 14.0. The Balaban J connectivity index is 2.00. The van der Waals surface area contributed by atoms with Gasteiger partial charge in [-0.25, -0.2) is 4.98 Å². The minimum absolute atomic E-state index is 0.158. The fourth-order valence-corrected chi connectivity index (χ4v) is 2.49. The van der Waals surface area contributed by atoms with E-state index in [1.807, 2.05) is 30.3 Å². The quantitative estimate of drug-likeness (QED) is 0.668. The van der Waals surface area contributed by atoms with Gasteiger partial charge in [0.25, 0.3) is 0 Å². The van der Waals surface area contributed by atoms with Gasteiger partial charge in [0.15, 0.2) is 0 Å². The summed E-state index contributed by atoms with van der Waals surface area (Å²) < 4.78 is 16.7. The molecule has 0 unspecified atom stereocenters. The second-order valence-electron chi connectivity index (χ2n) is 5.51. The van der Waals surface area contributed by atoms with Crippen molar-refractivity contribution < 1.29 is 23.9 Å². The topological polar surface area (TPSA) is 85.0 Å². The lowest BCUT2D eigenvalue weighted by molar-refractivity contribution is 0.304. The lowest BCUT2D eigenvalue weighted by Gasteiger charge is -2.16. The highest BCUT2D eigenvalue weighted by atomic mass is 16.5. The van der Waals surface area contributed by atoms with E-state index in [0.29, 0.717) is 23.0 Å². The summed E-state index contributed by atoms with van der Waals surface area (Å²) in [5, 5.41) is 19.5. The molecule has 1 heterocycles. The summed E-state index contributed by atoms with van der Waals surface area (Å²) in [6.45, 7) is 2.07. The van der Waals surface area contributed by atoms with Gasteiger partial charge in [0, 0.05) is 5.56 Å². The maximum Gasteiger partial charge on any atom is 0.496 e. The number of aromatic nitrogens is 1. The summed E-state index contributed by atoms with van der Waals surface area (Å²) in [7, 11) is -0.284. The first-order valence-electron chi connectivity index (χ1n) is 7.76. The van der Waals surface area contributed by atoms with Gasteiger partial charge in [-0.1, -0.05) is 30.3 Å². The van der Waals surface area contributed by atoms with Crippen LogP contribution in [0.1, 0.15) is 11.3 Å². The molecular weight excluding hydrogens is 321 g/mol. The number of ether oxygens (including phenoxy) is 2. The number of benzene rings is 2. The first-order chi connectivity index (χ1) is 12.1. The van der Waals surface area contributed by atoms with Gasteiger partial charge < -0.3 is 23.9 Å². The number of methoxy groups -OCH3 is 1. The van der Waals surface area contributed by atoms with Crippen molar-refractivity contribution in [2.45, 2.75) is 13.5 Å². The van der Waals surface area contributed by atoms with E-state index >= 15 is 0 Å². The Morgan fingerprint density at radius 2 is 1.84 bits per heavy atom. The molecule has 7 heteroatoms. The first-order valence-corrected chi connectivity index (χ1v) is 7.76. The molecule has 2 N–H and O–H groups in total. The van der Waals surface area contributed by atoms with Crippen molar-refractivity contribution in [1.29, 1.82) is 0 Å². The summed E-state index contributed by atoms with van der Waals surface area (Å²) >= 11 is 0. The van der Waals surface area contributed by atoms with Crippen molar-refractivity contribution in [3.63, 3.8) is 0 Å². The zero-order valence-corrected chi connectivity index (χ0v) is 14.0. The van der Waals surface area contributed by atoms with Crippen LogP contribution in [0.5, 0.6) is 11.5 Å². The van der Waals surface area contributed by atoms with Crippen LogP contribution in [0.3, 0.4) is 0 Å². The van der Waals surface area contributed by atoms with Gasteiger partial charge in [-0.2, -0.15) is 0 Å². The van der Waals surface area contributed by atoms with Crippen LogP contribution >= 0.6 is 0 Å². The highest BCUT2D eigenvalue weighted by molar-refractivity contribution is 6.61. The number of rotatable bonds is 6. The van der Waals surface area contributed by atoms with Gasteiger partial charge in [0.1, 0.15) is 23.9 Å². The SMILES string of the molecule is COc1cc(-c2ncc(C)o2)cc(OCc2ccccc2)c1B(O)O. The second-order valence-corrected chi connectivity index (χ2v) is 5.51. The Morgan fingerprint density at radius 3 is 2.44 bits per heavy atom. The largest absolute Gasteiger partial charge is 0.497 e. The smallest absolute Gasteiger partial charge is 0.496 e. The Kier molecular flexibility index (Phi) is 5.07. The molecule has 128 valence electrons. The highest BCUT2D eigenvalue weighted by Crippen LogP contribution is 2.28. The summed E-state index contributed by atoms with van der Waals surface area (Å²) in [4.78, 5) is 4.19. The van der Waals surface area contributed by atoms with Gasteiger partial charge in [0.05, 0.1) is 18.8 Å². The molecule has 0 fully saturated rings. The molecule has 0 saturated heterocycles. The Hall–Kier alpha value is -2.77. The minimum atomic E-state index is -1.74. The molecule has 0 bridgehead atoms. The van der Waals surface area contributed by atoms with Crippen LogP contribution in [0.4, 0.5) is 0 Å². The molecule has 0 aliphatic heterocycles. The maximum atomic E-state index is 9.74. The molecule has 25 heavy (non-hydrogen) atoms. The van der Waals surface area contributed by atoms with Crippen molar-refractivity contribution in [2.75, 3.05) is 7.11 Å². The van der Waals surface area contributed by atoms with E-state index in [4.69, 9.17) is 13.9 Å². The molecule has 0 atom stereocenters. The van der Waals surface area contributed by atoms with Crippen LogP contribution in [0.25, 0.3) is 11.5 Å². The van der Waals surface area contributed by atoms with Gasteiger partial charge in [0.2, 0.25) is 5.89 Å². The van der Waals surface area contributed by atoms with E-state index in [1.54, 1.807) is 25.3 Å². The lowest BCUT2D eigenvalue weighted by atomic mass is 9.78. The zero-order chi connectivity index (χ0) is 17.8. The van der Waals surface area contributed by atoms with Crippen LogP contribution in [-0.4, -0.2) is 29.3 Å². The van der Waals surface area contributed by atoms with Crippen molar-refractivity contribution in [3.05, 3.63) is 60.0 Å². The number of hydrogen-bond acceptors (Lipinski definition) is 6. The number of oxazole rings is 1. The van der Waals surface area contributed by atoms with E-state index in [9.17, 15) is 10.0 Å². The van der Waals surface area contributed by atoms with Crippen LogP contribution in [-0.2, 0) is 6.61 Å². The van der Waals surface area contributed by atoms with E-state index in [1.165, 1.54) is 7.11 Å². The fraction of sp³-hybridized carbons (Fsp3) is 0.167. The molecule has 0 spiro atoms. The molecule has 0 aliphatic carbocycles. The predicted octanol–water partition coefficient (Wildman–Crippen LogP) is 1.92. The molecule has 3 aromatic rings.